The topological polar surface area (TPSA) is 40.5 Å². The van der Waals surface area contributed by atoms with Crippen molar-refractivity contribution in [3.63, 3.8) is 0 Å². The second kappa shape index (κ2) is 5.84. The molecule has 0 spiro atoms. The Balaban J connectivity index is 0.000000500. The van der Waals surface area contributed by atoms with E-state index in [0.717, 1.165) is 0 Å². The van der Waals surface area contributed by atoms with E-state index in [4.69, 9.17) is 10.0 Å². The van der Waals surface area contributed by atoms with E-state index in [0.29, 0.717) is 0 Å². The molecular weight excluding hydrogens is 175 g/mol. The van der Waals surface area contributed by atoms with Crippen LogP contribution < -0.4 is 0 Å². The highest BCUT2D eigenvalue weighted by molar-refractivity contribution is 6.13. The van der Waals surface area contributed by atoms with Crippen LogP contribution in [0.15, 0.2) is 24.3 Å². The first-order valence-corrected chi connectivity index (χ1v) is 4.70. The average Bonchev–Trinajstić information content (AvgIpc) is 2.04. The van der Waals surface area contributed by atoms with Crippen LogP contribution in [0.2, 0.25) is 0 Å². The minimum atomic E-state index is -0.750. The molecule has 78 valence electrons. The Bertz CT molecular complexity index is 266. The number of aryl methyl sites for hydroxylation is 1. The molecule has 0 atom stereocenters. The molecule has 2 nitrogen and oxygen atoms in total. The Morgan fingerprint density at radius 3 is 1.93 bits per heavy atom. The van der Waals surface area contributed by atoms with Crippen LogP contribution in [-0.2, 0) is 5.41 Å². The molecule has 0 saturated carbocycles. The van der Waals surface area contributed by atoms with Gasteiger partial charge in [0.25, 0.3) is 0 Å². The van der Waals surface area contributed by atoms with Crippen LogP contribution >= 0.6 is 0 Å². The molecule has 0 unspecified atom stereocenters. The first kappa shape index (κ1) is 13.2. The Morgan fingerprint density at radius 1 is 1.14 bits per heavy atom. The zero-order valence-electron chi connectivity index (χ0n) is 9.41. The fraction of sp³-hybridized carbons (Fsp3) is 0.455. The van der Waals surface area contributed by atoms with Crippen molar-refractivity contribution < 1.29 is 10.0 Å². The van der Waals surface area contributed by atoms with Crippen molar-refractivity contribution in [2.45, 2.75) is 33.1 Å². The number of hydrogen-bond acceptors (Lipinski definition) is 2. The predicted octanol–water partition coefficient (Wildman–Crippen LogP) is 1.53. The van der Waals surface area contributed by atoms with Crippen LogP contribution in [0.4, 0.5) is 0 Å². The highest BCUT2D eigenvalue weighted by Crippen LogP contribution is 2.22. The summed E-state index contributed by atoms with van der Waals surface area (Å²) < 4.78 is 0. The molecule has 0 heterocycles. The predicted molar refractivity (Wildman–Crippen MR) is 61.5 cm³/mol. The molecule has 1 aromatic carbocycles. The van der Waals surface area contributed by atoms with E-state index in [-0.39, 0.29) is 5.41 Å². The summed E-state index contributed by atoms with van der Waals surface area (Å²) in [6, 6.07) is 8.69. The van der Waals surface area contributed by atoms with E-state index in [1.807, 2.05) is 0 Å². The molecule has 1 aromatic rings. The van der Waals surface area contributed by atoms with E-state index in [2.05, 4.69) is 52.0 Å². The molecule has 0 amide bonds. The van der Waals surface area contributed by atoms with Crippen LogP contribution in [0.25, 0.3) is 0 Å². The number of benzene rings is 1. The van der Waals surface area contributed by atoms with Gasteiger partial charge in [-0.2, -0.15) is 0 Å². The monoisotopic (exact) mass is 194 g/mol. The summed E-state index contributed by atoms with van der Waals surface area (Å²) in [6.45, 7) is 8.85. The van der Waals surface area contributed by atoms with E-state index in [9.17, 15) is 0 Å². The van der Waals surface area contributed by atoms with Gasteiger partial charge in [0.1, 0.15) is 0 Å². The molecule has 0 saturated heterocycles. The third-order valence-corrected chi connectivity index (χ3v) is 1.88. The van der Waals surface area contributed by atoms with Crippen molar-refractivity contribution in [3.8, 4) is 0 Å². The van der Waals surface area contributed by atoms with Gasteiger partial charge in [0.2, 0.25) is 0 Å². The Hall–Kier alpha value is -0.795. The Kier molecular flexibility index (Phi) is 5.50. The van der Waals surface area contributed by atoms with Crippen LogP contribution in [0, 0.1) is 6.92 Å². The molecule has 0 aliphatic heterocycles. The first-order chi connectivity index (χ1) is 6.41. The smallest absolute Gasteiger partial charge is 0.430 e. The lowest BCUT2D eigenvalue weighted by Crippen LogP contribution is -2.10. The van der Waals surface area contributed by atoms with Crippen molar-refractivity contribution in [1.29, 1.82) is 0 Å². The van der Waals surface area contributed by atoms with Gasteiger partial charge in [0.05, 0.1) is 0 Å². The van der Waals surface area contributed by atoms with Gasteiger partial charge in [-0.3, -0.25) is 0 Å². The zero-order valence-corrected chi connectivity index (χ0v) is 9.41. The number of hydrogen-bond donors (Lipinski definition) is 2. The second-order valence-electron chi connectivity index (χ2n) is 4.26. The van der Waals surface area contributed by atoms with E-state index < -0.39 is 7.69 Å². The summed E-state index contributed by atoms with van der Waals surface area (Å²) in [5, 5.41) is 14.2. The standard InChI is InChI=1S/C11H16.BH3O2/c1-9-6-5-7-10(8-9)11(2,3)4;2-1-3/h5-8H,1-4H3;1-3H. The quantitative estimate of drug-likeness (QED) is 0.615. The molecule has 3 heteroatoms. The molecule has 1 rings (SSSR count). The second-order valence-corrected chi connectivity index (χ2v) is 4.26. The summed E-state index contributed by atoms with van der Waals surface area (Å²) in [5.41, 5.74) is 3.04. The molecule has 0 aliphatic carbocycles. The van der Waals surface area contributed by atoms with Crippen LogP contribution in [0.3, 0.4) is 0 Å². The zero-order chi connectivity index (χ0) is 11.2. The molecule has 14 heavy (non-hydrogen) atoms. The maximum absolute atomic E-state index is 7.12. The van der Waals surface area contributed by atoms with Gasteiger partial charge < -0.3 is 10.0 Å². The van der Waals surface area contributed by atoms with E-state index in [1.54, 1.807) is 0 Å². The normalized spacial score (nSPS) is 10.1. The van der Waals surface area contributed by atoms with Crippen molar-refractivity contribution >= 4 is 7.69 Å². The van der Waals surface area contributed by atoms with Gasteiger partial charge in [-0.25, -0.2) is 0 Å². The van der Waals surface area contributed by atoms with Crippen LogP contribution in [0.1, 0.15) is 31.9 Å². The molecule has 0 bridgehead atoms. The third kappa shape index (κ3) is 5.05. The van der Waals surface area contributed by atoms with Crippen molar-refractivity contribution in [1.82, 2.24) is 0 Å². The van der Waals surface area contributed by atoms with Gasteiger partial charge >= 0.3 is 7.69 Å². The van der Waals surface area contributed by atoms with Crippen molar-refractivity contribution in [2.24, 2.45) is 0 Å². The maximum Gasteiger partial charge on any atom is 0.432 e. The summed E-state index contributed by atoms with van der Waals surface area (Å²) in [6.07, 6.45) is 0. The largest absolute Gasteiger partial charge is 0.432 e. The average molecular weight is 194 g/mol. The Labute approximate surface area is 86.9 Å². The van der Waals surface area contributed by atoms with Crippen LogP contribution in [0.5, 0.6) is 0 Å². The summed E-state index contributed by atoms with van der Waals surface area (Å²) >= 11 is 0. The SMILES string of the molecule is Cc1cccc(C(C)(C)C)c1.OBO. The first-order valence-electron chi connectivity index (χ1n) is 4.70. The number of rotatable bonds is 0. The summed E-state index contributed by atoms with van der Waals surface area (Å²) in [4.78, 5) is 0. The van der Waals surface area contributed by atoms with Gasteiger partial charge in [-0.1, -0.05) is 50.6 Å². The molecule has 0 radical (unpaired) electrons. The fourth-order valence-electron chi connectivity index (χ4n) is 1.11. The van der Waals surface area contributed by atoms with E-state index in [1.165, 1.54) is 11.1 Å². The van der Waals surface area contributed by atoms with Gasteiger partial charge in [0.15, 0.2) is 0 Å². The van der Waals surface area contributed by atoms with Gasteiger partial charge in [-0.15, -0.1) is 0 Å². The highest BCUT2D eigenvalue weighted by Gasteiger charge is 2.12. The highest BCUT2D eigenvalue weighted by atomic mass is 16.4. The lowest BCUT2D eigenvalue weighted by molar-refractivity contribution is 0.448. The van der Waals surface area contributed by atoms with E-state index >= 15 is 0 Å². The molecule has 0 fully saturated rings. The van der Waals surface area contributed by atoms with Gasteiger partial charge in [0, 0.05) is 0 Å². The Morgan fingerprint density at radius 2 is 1.64 bits per heavy atom. The minimum absolute atomic E-state index is 0.284. The molecule has 2 N–H and O–H groups in total. The molecule has 0 aliphatic rings. The third-order valence-electron chi connectivity index (χ3n) is 1.88. The maximum atomic E-state index is 7.12. The van der Waals surface area contributed by atoms with Crippen LogP contribution in [-0.4, -0.2) is 17.7 Å². The van der Waals surface area contributed by atoms with Crippen molar-refractivity contribution in [2.75, 3.05) is 0 Å². The molecule has 0 aromatic heterocycles. The van der Waals surface area contributed by atoms with Crippen molar-refractivity contribution in [3.05, 3.63) is 35.4 Å². The molecular formula is C11H19BO2. The van der Waals surface area contributed by atoms with Gasteiger partial charge in [-0.05, 0) is 17.9 Å². The summed E-state index contributed by atoms with van der Waals surface area (Å²) in [5.74, 6) is 0. The minimum Gasteiger partial charge on any atom is -0.430 e. The fourth-order valence-corrected chi connectivity index (χ4v) is 1.11. The summed E-state index contributed by atoms with van der Waals surface area (Å²) in [7, 11) is -0.750. The lowest BCUT2D eigenvalue weighted by Gasteiger charge is -2.19. The lowest BCUT2D eigenvalue weighted by atomic mass is 9.86.